The fraction of sp³-hybridized carbons (Fsp3) is 0.409. The summed E-state index contributed by atoms with van der Waals surface area (Å²) in [4.78, 5) is 24.0. The van der Waals surface area contributed by atoms with Gasteiger partial charge in [0.25, 0.3) is 0 Å². The maximum absolute atomic E-state index is 12.8. The highest BCUT2D eigenvalue weighted by Crippen LogP contribution is 2.24. The first-order chi connectivity index (χ1) is 13.8. The fourth-order valence-corrected chi connectivity index (χ4v) is 3.77. The number of hydrogen-bond donors (Lipinski definition) is 1. The van der Waals surface area contributed by atoms with Crippen LogP contribution in [-0.2, 0) is 13.0 Å². The van der Waals surface area contributed by atoms with E-state index in [2.05, 4.69) is 51.5 Å². The van der Waals surface area contributed by atoms with Gasteiger partial charge in [-0.1, -0.05) is 44.0 Å². The Labute approximate surface area is 165 Å². The highest BCUT2D eigenvalue weighted by Gasteiger charge is 2.18. The van der Waals surface area contributed by atoms with Crippen LogP contribution in [0.4, 0.5) is 5.82 Å². The SMILES string of the molecule is CCc1ccc(CNn2c(=O)nc(N3CCCCCC3)c3cccnc32)cc1. The van der Waals surface area contributed by atoms with Gasteiger partial charge in [-0.15, -0.1) is 0 Å². The van der Waals surface area contributed by atoms with Gasteiger partial charge in [0.05, 0.1) is 11.9 Å². The summed E-state index contributed by atoms with van der Waals surface area (Å²) in [5, 5.41) is 0.915. The van der Waals surface area contributed by atoms with Gasteiger partial charge in [0.2, 0.25) is 0 Å². The molecule has 6 nitrogen and oxygen atoms in total. The molecule has 4 rings (SSSR count). The smallest absolute Gasteiger partial charge is 0.356 e. The second-order valence-electron chi connectivity index (χ2n) is 7.33. The molecule has 1 aliphatic heterocycles. The van der Waals surface area contributed by atoms with E-state index < -0.39 is 0 Å². The lowest BCUT2D eigenvalue weighted by Gasteiger charge is -2.23. The summed E-state index contributed by atoms with van der Waals surface area (Å²) >= 11 is 0. The number of nitrogens with zero attached hydrogens (tertiary/aromatic N) is 4. The lowest BCUT2D eigenvalue weighted by molar-refractivity contribution is 0.726. The number of anilines is 1. The molecule has 28 heavy (non-hydrogen) atoms. The first kappa shape index (κ1) is 18.5. The predicted octanol–water partition coefficient (Wildman–Crippen LogP) is 3.48. The molecule has 1 aliphatic rings. The zero-order valence-electron chi connectivity index (χ0n) is 16.4. The van der Waals surface area contributed by atoms with Crippen molar-refractivity contribution in [2.24, 2.45) is 0 Å². The highest BCUT2D eigenvalue weighted by molar-refractivity contribution is 5.87. The van der Waals surface area contributed by atoms with Gasteiger partial charge in [-0.2, -0.15) is 9.66 Å². The third-order valence-corrected chi connectivity index (χ3v) is 5.41. The molecule has 1 fully saturated rings. The summed E-state index contributed by atoms with van der Waals surface area (Å²) in [6.07, 6.45) is 7.49. The molecule has 0 bridgehead atoms. The Bertz CT molecular complexity index is 988. The average Bonchev–Trinajstić information content (AvgIpc) is 3.02. The molecule has 0 unspecified atom stereocenters. The molecule has 0 spiro atoms. The second kappa shape index (κ2) is 8.42. The van der Waals surface area contributed by atoms with Gasteiger partial charge < -0.3 is 10.3 Å². The van der Waals surface area contributed by atoms with Crippen molar-refractivity contribution in [3.63, 3.8) is 0 Å². The zero-order chi connectivity index (χ0) is 19.3. The zero-order valence-corrected chi connectivity index (χ0v) is 16.4. The van der Waals surface area contributed by atoms with Crippen molar-refractivity contribution in [2.75, 3.05) is 23.4 Å². The molecule has 1 saturated heterocycles. The Morgan fingerprint density at radius 2 is 1.71 bits per heavy atom. The Kier molecular flexibility index (Phi) is 5.55. The predicted molar refractivity (Wildman–Crippen MR) is 113 cm³/mol. The van der Waals surface area contributed by atoms with Crippen molar-refractivity contribution in [1.82, 2.24) is 14.6 Å². The third kappa shape index (κ3) is 3.86. The van der Waals surface area contributed by atoms with Gasteiger partial charge in [-0.05, 0) is 42.5 Å². The molecular formula is C22H27N5O. The minimum Gasteiger partial charge on any atom is -0.356 e. The number of rotatable bonds is 5. The van der Waals surface area contributed by atoms with Crippen LogP contribution < -0.4 is 16.0 Å². The number of benzene rings is 1. The van der Waals surface area contributed by atoms with Crippen molar-refractivity contribution >= 4 is 16.9 Å². The van der Waals surface area contributed by atoms with E-state index in [1.807, 2.05) is 12.1 Å². The highest BCUT2D eigenvalue weighted by atomic mass is 16.2. The number of nitrogens with one attached hydrogen (secondary N) is 1. The fourth-order valence-electron chi connectivity index (χ4n) is 3.77. The van der Waals surface area contributed by atoms with Gasteiger partial charge in [0.1, 0.15) is 5.82 Å². The van der Waals surface area contributed by atoms with Gasteiger partial charge in [-0.3, -0.25) is 0 Å². The summed E-state index contributed by atoms with van der Waals surface area (Å²) < 4.78 is 1.48. The van der Waals surface area contributed by atoms with Gasteiger partial charge >= 0.3 is 5.69 Å². The van der Waals surface area contributed by atoms with Crippen LogP contribution in [0.5, 0.6) is 0 Å². The Balaban J connectivity index is 1.66. The summed E-state index contributed by atoms with van der Waals surface area (Å²) in [6, 6.07) is 12.3. The van der Waals surface area contributed by atoms with Crippen LogP contribution in [0.25, 0.3) is 11.0 Å². The van der Waals surface area contributed by atoms with E-state index >= 15 is 0 Å². The molecule has 3 aromatic rings. The van der Waals surface area contributed by atoms with Crippen LogP contribution in [0.1, 0.15) is 43.7 Å². The molecule has 1 N–H and O–H groups in total. The molecule has 0 saturated carbocycles. The molecule has 0 amide bonds. The van der Waals surface area contributed by atoms with E-state index in [0.717, 1.165) is 49.1 Å². The first-order valence-electron chi connectivity index (χ1n) is 10.2. The normalized spacial score (nSPS) is 14.8. The number of fused-ring (bicyclic) bond motifs is 1. The van der Waals surface area contributed by atoms with Crippen LogP contribution in [-0.4, -0.2) is 27.7 Å². The van der Waals surface area contributed by atoms with Crippen molar-refractivity contribution in [2.45, 2.75) is 45.6 Å². The van der Waals surface area contributed by atoms with E-state index in [1.165, 1.54) is 23.1 Å². The van der Waals surface area contributed by atoms with Crippen LogP contribution in [0.3, 0.4) is 0 Å². The largest absolute Gasteiger partial charge is 0.370 e. The van der Waals surface area contributed by atoms with E-state index in [9.17, 15) is 4.79 Å². The number of aryl methyl sites for hydroxylation is 1. The Morgan fingerprint density at radius 1 is 1.00 bits per heavy atom. The number of aromatic nitrogens is 3. The van der Waals surface area contributed by atoms with Gasteiger partial charge in [0.15, 0.2) is 5.65 Å². The van der Waals surface area contributed by atoms with E-state index in [0.29, 0.717) is 12.2 Å². The molecule has 6 heteroatoms. The standard InChI is InChI=1S/C22H27N5O/c1-2-17-9-11-18(12-10-17)16-24-27-20-19(8-7-13-23-20)21(25-22(27)28)26-14-5-3-4-6-15-26/h7-13,24H,2-6,14-16H2,1H3. The molecule has 3 heterocycles. The quantitative estimate of drug-likeness (QED) is 0.738. The van der Waals surface area contributed by atoms with Gasteiger partial charge in [-0.25, -0.2) is 9.78 Å². The maximum Gasteiger partial charge on any atom is 0.370 e. The van der Waals surface area contributed by atoms with E-state index in [1.54, 1.807) is 6.20 Å². The monoisotopic (exact) mass is 377 g/mol. The molecule has 146 valence electrons. The van der Waals surface area contributed by atoms with Crippen molar-refractivity contribution < 1.29 is 0 Å². The van der Waals surface area contributed by atoms with Crippen LogP contribution >= 0.6 is 0 Å². The molecule has 2 aromatic heterocycles. The summed E-state index contributed by atoms with van der Waals surface area (Å²) in [6.45, 7) is 4.57. The van der Waals surface area contributed by atoms with Crippen molar-refractivity contribution in [3.8, 4) is 0 Å². The average molecular weight is 377 g/mol. The van der Waals surface area contributed by atoms with Crippen LogP contribution in [0, 0.1) is 0 Å². The first-order valence-corrected chi connectivity index (χ1v) is 10.2. The molecular weight excluding hydrogens is 350 g/mol. The van der Waals surface area contributed by atoms with Gasteiger partial charge in [0, 0.05) is 19.3 Å². The van der Waals surface area contributed by atoms with Crippen molar-refractivity contribution in [3.05, 3.63) is 64.2 Å². The molecule has 0 radical (unpaired) electrons. The molecule has 0 aliphatic carbocycles. The van der Waals surface area contributed by atoms with E-state index in [4.69, 9.17) is 0 Å². The lowest BCUT2D eigenvalue weighted by Crippen LogP contribution is -2.35. The topological polar surface area (TPSA) is 63.1 Å². The van der Waals surface area contributed by atoms with Crippen LogP contribution in [0.2, 0.25) is 0 Å². The number of hydrogen-bond acceptors (Lipinski definition) is 5. The summed E-state index contributed by atoms with van der Waals surface area (Å²) in [5.41, 5.74) is 5.95. The minimum absolute atomic E-state index is 0.310. The summed E-state index contributed by atoms with van der Waals surface area (Å²) in [7, 11) is 0. The summed E-state index contributed by atoms with van der Waals surface area (Å²) in [5.74, 6) is 0.764. The second-order valence-corrected chi connectivity index (χ2v) is 7.33. The van der Waals surface area contributed by atoms with E-state index in [-0.39, 0.29) is 5.69 Å². The maximum atomic E-state index is 12.8. The molecule has 1 aromatic carbocycles. The molecule has 0 atom stereocenters. The Morgan fingerprint density at radius 3 is 2.43 bits per heavy atom. The third-order valence-electron chi connectivity index (χ3n) is 5.41. The van der Waals surface area contributed by atoms with Crippen LogP contribution in [0.15, 0.2) is 47.4 Å². The minimum atomic E-state index is -0.310. The lowest BCUT2D eigenvalue weighted by atomic mass is 10.1. The Hall–Kier alpha value is -2.89. The van der Waals surface area contributed by atoms with Crippen molar-refractivity contribution in [1.29, 1.82) is 0 Å². The number of pyridine rings is 1.